The van der Waals surface area contributed by atoms with Crippen molar-refractivity contribution in [3.63, 3.8) is 0 Å². The predicted molar refractivity (Wildman–Crippen MR) is 57.4 cm³/mol. The molecule has 2 heterocycles. The van der Waals surface area contributed by atoms with Crippen LogP contribution in [0.15, 0.2) is 6.20 Å². The Hall–Kier alpha value is -1.16. The Kier molecular flexibility index (Phi) is 3.57. The molecule has 1 atom stereocenters. The molecule has 2 rings (SSSR count). The number of carbonyl (C=O) groups is 1. The van der Waals surface area contributed by atoms with E-state index < -0.39 is 46.4 Å². The number of ketones is 1. The maximum absolute atomic E-state index is 13.1. The minimum Gasteiger partial charge on any atom is -0.315 e. The molecule has 1 aromatic heterocycles. The molecule has 112 valence electrons. The third-order valence-corrected chi connectivity index (χ3v) is 4.15. The van der Waals surface area contributed by atoms with Crippen LogP contribution in [0.4, 0.5) is 26.3 Å². The number of carbonyl (C=O) groups excluding carboxylic acids is 1. The number of nitrogens with one attached hydrogen (secondary N) is 1. The number of thiazole rings is 1. The fraction of sp³-hybridized carbons (Fsp3) is 0.600. The van der Waals surface area contributed by atoms with Crippen molar-refractivity contribution in [1.82, 2.24) is 10.3 Å². The molecule has 1 aromatic rings. The van der Waals surface area contributed by atoms with Crippen LogP contribution in [0.1, 0.15) is 21.1 Å². The van der Waals surface area contributed by atoms with Gasteiger partial charge in [0.1, 0.15) is 5.41 Å². The summed E-state index contributed by atoms with van der Waals surface area (Å²) in [5, 5.41) is 1.10. The van der Waals surface area contributed by atoms with Crippen molar-refractivity contribution in [2.75, 3.05) is 13.1 Å². The summed E-state index contributed by atoms with van der Waals surface area (Å²) in [5.41, 5.74) is -2.66. The second kappa shape index (κ2) is 4.69. The molecule has 10 heteroatoms. The molecule has 0 saturated carbocycles. The van der Waals surface area contributed by atoms with E-state index >= 15 is 0 Å². The van der Waals surface area contributed by atoms with Crippen LogP contribution in [-0.4, -0.2) is 30.0 Å². The van der Waals surface area contributed by atoms with Crippen molar-refractivity contribution >= 4 is 17.1 Å². The zero-order valence-corrected chi connectivity index (χ0v) is 10.5. The Morgan fingerprint density at radius 3 is 2.35 bits per heavy atom. The molecular weight excluding hydrogens is 310 g/mol. The second-order valence-electron chi connectivity index (χ2n) is 4.36. The van der Waals surface area contributed by atoms with Gasteiger partial charge in [-0.05, 0) is 13.0 Å². The number of rotatable bonds is 2. The average Bonchev–Trinajstić information content (AvgIpc) is 2.96. The lowest BCUT2D eigenvalue weighted by atomic mass is 9.81. The summed E-state index contributed by atoms with van der Waals surface area (Å²) in [6, 6.07) is 0. The number of alkyl halides is 6. The Morgan fingerprint density at radius 2 is 1.95 bits per heavy atom. The number of hydrogen-bond acceptors (Lipinski definition) is 4. The van der Waals surface area contributed by atoms with Crippen LogP contribution in [0.5, 0.6) is 0 Å². The Labute approximate surface area is 113 Å². The molecule has 1 unspecified atom stereocenters. The molecule has 0 radical (unpaired) electrons. The number of Topliss-reactive ketones (excluding diaryl/α,β-unsaturated/α-hetero) is 1. The van der Waals surface area contributed by atoms with Crippen LogP contribution >= 0.6 is 11.3 Å². The third-order valence-electron chi connectivity index (χ3n) is 3.10. The van der Waals surface area contributed by atoms with Gasteiger partial charge in [0.25, 0.3) is 0 Å². The molecule has 1 aliphatic rings. The molecule has 0 aromatic carbocycles. The van der Waals surface area contributed by atoms with Crippen LogP contribution in [0.2, 0.25) is 0 Å². The Balaban J connectivity index is 2.37. The molecule has 1 aliphatic heterocycles. The summed E-state index contributed by atoms with van der Waals surface area (Å²) in [6.07, 6.45) is -9.53. The maximum atomic E-state index is 13.1. The molecule has 3 nitrogen and oxygen atoms in total. The molecule has 0 aliphatic carbocycles. The smallest absolute Gasteiger partial charge is 0.315 e. The first-order valence-electron chi connectivity index (χ1n) is 5.43. The van der Waals surface area contributed by atoms with E-state index in [1.807, 2.05) is 0 Å². The van der Waals surface area contributed by atoms with E-state index in [2.05, 4.69) is 10.3 Å². The van der Waals surface area contributed by atoms with E-state index in [9.17, 15) is 31.1 Å². The highest BCUT2D eigenvalue weighted by Gasteiger charge is 2.61. The monoisotopic (exact) mass is 318 g/mol. The van der Waals surface area contributed by atoms with Gasteiger partial charge in [0, 0.05) is 12.7 Å². The van der Waals surface area contributed by atoms with E-state index in [0.29, 0.717) is 6.20 Å². The number of halogens is 6. The summed E-state index contributed by atoms with van der Waals surface area (Å²) in [7, 11) is 0. The summed E-state index contributed by atoms with van der Waals surface area (Å²) < 4.78 is 76.4. The van der Waals surface area contributed by atoms with Crippen molar-refractivity contribution in [1.29, 1.82) is 0 Å². The van der Waals surface area contributed by atoms with Gasteiger partial charge in [-0.25, -0.2) is 4.98 Å². The van der Waals surface area contributed by atoms with Crippen LogP contribution in [0, 0.1) is 5.41 Å². The number of nitrogens with zero attached hydrogens (tertiary/aromatic N) is 1. The first-order valence-corrected chi connectivity index (χ1v) is 6.25. The van der Waals surface area contributed by atoms with Gasteiger partial charge >= 0.3 is 12.4 Å². The Bertz CT molecular complexity index is 515. The zero-order valence-electron chi connectivity index (χ0n) is 9.73. The van der Waals surface area contributed by atoms with Crippen molar-refractivity contribution in [3.8, 4) is 0 Å². The normalized spacial score (nSPS) is 24.1. The number of hydrogen-bond donors (Lipinski definition) is 1. The van der Waals surface area contributed by atoms with Gasteiger partial charge < -0.3 is 5.32 Å². The van der Waals surface area contributed by atoms with E-state index in [-0.39, 0.29) is 17.9 Å². The van der Waals surface area contributed by atoms with Gasteiger partial charge in [0.2, 0.25) is 0 Å². The van der Waals surface area contributed by atoms with Gasteiger partial charge in [-0.15, -0.1) is 11.3 Å². The van der Waals surface area contributed by atoms with E-state index in [1.54, 1.807) is 0 Å². The van der Waals surface area contributed by atoms with Gasteiger partial charge in [0.05, 0.1) is 4.88 Å². The van der Waals surface area contributed by atoms with Crippen LogP contribution < -0.4 is 5.32 Å². The van der Waals surface area contributed by atoms with Crippen LogP contribution in [0.3, 0.4) is 0 Å². The standard InChI is InChI=1S/C10H8F6N2OS/c11-9(12,13)7-18-3-5(20-7)6(19)8(10(14,15)16)1-2-17-4-8/h3,17H,1-2,4H2. The van der Waals surface area contributed by atoms with Gasteiger partial charge in [-0.2, -0.15) is 26.3 Å². The lowest BCUT2D eigenvalue weighted by molar-refractivity contribution is -0.197. The lowest BCUT2D eigenvalue weighted by Gasteiger charge is -2.28. The van der Waals surface area contributed by atoms with E-state index in [0.717, 1.165) is 0 Å². The number of aromatic nitrogens is 1. The summed E-state index contributed by atoms with van der Waals surface area (Å²) >= 11 is -0.0640. The minimum atomic E-state index is -4.82. The summed E-state index contributed by atoms with van der Waals surface area (Å²) in [6.45, 7) is -0.648. The first kappa shape index (κ1) is 15.2. The fourth-order valence-corrected chi connectivity index (χ4v) is 2.83. The second-order valence-corrected chi connectivity index (χ2v) is 5.39. The van der Waals surface area contributed by atoms with Crippen LogP contribution in [0.25, 0.3) is 0 Å². The fourth-order valence-electron chi connectivity index (χ4n) is 2.00. The molecule has 0 amide bonds. The highest BCUT2D eigenvalue weighted by molar-refractivity contribution is 7.13. The molecule has 1 fully saturated rings. The van der Waals surface area contributed by atoms with Crippen molar-refractivity contribution in [2.24, 2.45) is 5.41 Å². The quantitative estimate of drug-likeness (QED) is 0.673. The molecule has 0 spiro atoms. The minimum absolute atomic E-state index is 0.0177. The summed E-state index contributed by atoms with van der Waals surface area (Å²) in [4.78, 5) is 14.4. The maximum Gasteiger partial charge on any atom is 0.443 e. The summed E-state index contributed by atoms with van der Waals surface area (Å²) in [5.74, 6) is -1.36. The van der Waals surface area contributed by atoms with Gasteiger partial charge in [0.15, 0.2) is 10.8 Å². The Morgan fingerprint density at radius 1 is 1.30 bits per heavy atom. The van der Waals surface area contributed by atoms with E-state index in [1.165, 1.54) is 0 Å². The molecular formula is C10H8F6N2OS. The predicted octanol–water partition coefficient (Wildman–Crippen LogP) is 2.89. The topological polar surface area (TPSA) is 42.0 Å². The largest absolute Gasteiger partial charge is 0.443 e. The average molecular weight is 318 g/mol. The van der Waals surface area contributed by atoms with Crippen LogP contribution in [-0.2, 0) is 6.18 Å². The third kappa shape index (κ3) is 2.41. The molecule has 1 N–H and O–H groups in total. The van der Waals surface area contributed by atoms with E-state index in [4.69, 9.17) is 0 Å². The molecule has 0 bridgehead atoms. The van der Waals surface area contributed by atoms with Crippen molar-refractivity contribution < 1.29 is 31.1 Å². The SMILES string of the molecule is O=C(c1cnc(C(F)(F)F)s1)C1(C(F)(F)F)CCNC1. The highest BCUT2D eigenvalue weighted by atomic mass is 32.1. The van der Waals surface area contributed by atoms with Crippen molar-refractivity contribution in [2.45, 2.75) is 18.8 Å². The molecule has 20 heavy (non-hydrogen) atoms. The van der Waals surface area contributed by atoms with Gasteiger partial charge in [-0.3, -0.25) is 4.79 Å². The zero-order chi connectivity index (χ0) is 15.2. The lowest BCUT2D eigenvalue weighted by Crippen LogP contribution is -2.46. The first-order chi connectivity index (χ1) is 9.08. The van der Waals surface area contributed by atoms with Crippen molar-refractivity contribution in [3.05, 3.63) is 16.1 Å². The van der Waals surface area contributed by atoms with Gasteiger partial charge in [-0.1, -0.05) is 0 Å². The molecule has 1 saturated heterocycles. The highest BCUT2D eigenvalue weighted by Crippen LogP contribution is 2.46.